The van der Waals surface area contributed by atoms with Gasteiger partial charge in [-0.05, 0) is 31.9 Å². The number of carbonyl (C=O) groups excluding carboxylic acids is 3. The number of ether oxygens (including phenoxy) is 1. The SMILES string of the molecule is Cc1ccc(C(=O)N2CCC(N3C(=O)NC4(CCOC4)C3=O)CC2)cc1. The average Bonchev–Trinajstić information content (AvgIpc) is 3.21. The molecule has 0 aromatic heterocycles. The van der Waals surface area contributed by atoms with Crippen molar-refractivity contribution in [2.45, 2.75) is 37.8 Å². The van der Waals surface area contributed by atoms with Crippen LogP contribution < -0.4 is 5.32 Å². The van der Waals surface area contributed by atoms with Crippen LogP contribution in [0.2, 0.25) is 0 Å². The summed E-state index contributed by atoms with van der Waals surface area (Å²) in [6, 6.07) is 7.04. The second-order valence-corrected chi connectivity index (χ2v) is 7.38. The van der Waals surface area contributed by atoms with Crippen molar-refractivity contribution in [1.29, 1.82) is 0 Å². The van der Waals surface area contributed by atoms with Gasteiger partial charge in [-0.1, -0.05) is 17.7 Å². The molecule has 3 fully saturated rings. The van der Waals surface area contributed by atoms with E-state index in [2.05, 4.69) is 5.32 Å². The van der Waals surface area contributed by atoms with Crippen LogP contribution >= 0.6 is 0 Å². The molecule has 7 heteroatoms. The Morgan fingerprint density at radius 3 is 2.50 bits per heavy atom. The molecular formula is C19H23N3O4. The molecule has 1 atom stereocenters. The van der Waals surface area contributed by atoms with Gasteiger partial charge in [0.2, 0.25) is 0 Å². The molecule has 0 saturated carbocycles. The van der Waals surface area contributed by atoms with Crippen molar-refractivity contribution in [3.63, 3.8) is 0 Å². The summed E-state index contributed by atoms with van der Waals surface area (Å²) in [5, 5.41) is 2.82. The first-order chi connectivity index (χ1) is 12.5. The van der Waals surface area contributed by atoms with E-state index in [1.165, 1.54) is 4.90 Å². The summed E-state index contributed by atoms with van der Waals surface area (Å²) in [6.45, 7) is 3.80. The molecule has 0 aliphatic carbocycles. The Bertz CT molecular complexity index is 732. The predicted molar refractivity (Wildman–Crippen MR) is 93.6 cm³/mol. The smallest absolute Gasteiger partial charge is 0.325 e. The van der Waals surface area contributed by atoms with E-state index in [1.807, 2.05) is 31.2 Å². The molecule has 3 saturated heterocycles. The zero-order valence-corrected chi connectivity index (χ0v) is 14.9. The quantitative estimate of drug-likeness (QED) is 0.810. The lowest BCUT2D eigenvalue weighted by molar-refractivity contribution is -0.133. The lowest BCUT2D eigenvalue weighted by Gasteiger charge is -2.35. The lowest BCUT2D eigenvalue weighted by atomic mass is 9.97. The minimum absolute atomic E-state index is 0.00122. The summed E-state index contributed by atoms with van der Waals surface area (Å²) >= 11 is 0. The molecule has 1 aromatic carbocycles. The summed E-state index contributed by atoms with van der Waals surface area (Å²) in [6.07, 6.45) is 1.74. The number of hydrogen-bond acceptors (Lipinski definition) is 4. The van der Waals surface area contributed by atoms with Crippen LogP contribution in [0.25, 0.3) is 0 Å². The Morgan fingerprint density at radius 2 is 1.88 bits per heavy atom. The number of nitrogens with zero attached hydrogens (tertiary/aromatic N) is 2. The van der Waals surface area contributed by atoms with E-state index < -0.39 is 5.54 Å². The molecule has 0 radical (unpaired) electrons. The minimum atomic E-state index is -0.869. The number of nitrogens with one attached hydrogen (secondary N) is 1. The van der Waals surface area contributed by atoms with Crippen LogP contribution in [-0.4, -0.2) is 65.5 Å². The van der Waals surface area contributed by atoms with Gasteiger partial charge in [0.1, 0.15) is 5.54 Å². The molecule has 1 spiro atoms. The van der Waals surface area contributed by atoms with Gasteiger partial charge in [0.05, 0.1) is 6.61 Å². The third-order valence-corrected chi connectivity index (χ3v) is 5.63. The molecule has 7 nitrogen and oxygen atoms in total. The molecule has 4 amide bonds. The number of piperidine rings is 1. The van der Waals surface area contributed by atoms with E-state index in [-0.39, 0.29) is 30.5 Å². The molecule has 138 valence electrons. The van der Waals surface area contributed by atoms with Gasteiger partial charge in [0.15, 0.2) is 0 Å². The minimum Gasteiger partial charge on any atom is -0.378 e. The van der Waals surface area contributed by atoms with Crippen LogP contribution in [0.5, 0.6) is 0 Å². The molecule has 3 aliphatic heterocycles. The van der Waals surface area contributed by atoms with Crippen molar-refractivity contribution in [2.24, 2.45) is 0 Å². The molecule has 1 aromatic rings. The first-order valence-corrected chi connectivity index (χ1v) is 9.10. The van der Waals surface area contributed by atoms with Gasteiger partial charge in [-0.15, -0.1) is 0 Å². The highest BCUT2D eigenvalue weighted by atomic mass is 16.5. The van der Waals surface area contributed by atoms with E-state index in [0.717, 1.165) is 5.56 Å². The van der Waals surface area contributed by atoms with Gasteiger partial charge in [-0.2, -0.15) is 0 Å². The zero-order chi connectivity index (χ0) is 18.3. The zero-order valence-electron chi connectivity index (χ0n) is 14.9. The Kier molecular flexibility index (Phi) is 4.19. The predicted octanol–water partition coefficient (Wildman–Crippen LogP) is 1.31. The number of amides is 4. The standard InChI is InChI=1S/C19H23N3O4/c1-13-2-4-14(5-3-13)16(23)21-9-6-15(7-10-21)22-17(24)19(20-18(22)25)8-11-26-12-19/h2-5,15H,6-12H2,1H3,(H,20,25). The van der Waals surface area contributed by atoms with Gasteiger partial charge in [0, 0.05) is 37.7 Å². The second-order valence-electron chi connectivity index (χ2n) is 7.38. The topological polar surface area (TPSA) is 79.0 Å². The van der Waals surface area contributed by atoms with E-state index in [1.54, 1.807) is 4.90 Å². The molecule has 3 aliphatic rings. The fourth-order valence-electron chi connectivity index (χ4n) is 4.01. The second kappa shape index (κ2) is 6.39. The number of hydrogen-bond donors (Lipinski definition) is 1. The lowest BCUT2D eigenvalue weighted by Crippen LogP contribution is -2.51. The van der Waals surface area contributed by atoms with Crippen LogP contribution in [0.4, 0.5) is 4.79 Å². The van der Waals surface area contributed by atoms with Gasteiger partial charge >= 0.3 is 6.03 Å². The van der Waals surface area contributed by atoms with E-state index in [4.69, 9.17) is 4.74 Å². The third-order valence-electron chi connectivity index (χ3n) is 5.63. The van der Waals surface area contributed by atoms with Crippen molar-refractivity contribution in [1.82, 2.24) is 15.1 Å². The number of imide groups is 1. The molecular weight excluding hydrogens is 334 g/mol. The number of likely N-dealkylation sites (tertiary alicyclic amines) is 1. The van der Waals surface area contributed by atoms with Crippen LogP contribution in [0.1, 0.15) is 35.2 Å². The summed E-state index contributed by atoms with van der Waals surface area (Å²) in [5.41, 5.74) is 0.918. The van der Waals surface area contributed by atoms with Crippen LogP contribution in [-0.2, 0) is 9.53 Å². The highest BCUT2D eigenvalue weighted by Crippen LogP contribution is 2.31. The number of carbonyl (C=O) groups is 3. The normalized spacial score (nSPS) is 26.7. The van der Waals surface area contributed by atoms with Gasteiger partial charge < -0.3 is 15.0 Å². The van der Waals surface area contributed by atoms with E-state index in [0.29, 0.717) is 44.5 Å². The molecule has 0 bridgehead atoms. The number of aryl methyl sites for hydroxylation is 1. The van der Waals surface area contributed by atoms with Gasteiger partial charge in [0.25, 0.3) is 11.8 Å². The maximum Gasteiger partial charge on any atom is 0.325 e. The molecule has 3 heterocycles. The fraction of sp³-hybridized carbons (Fsp3) is 0.526. The van der Waals surface area contributed by atoms with Crippen molar-refractivity contribution in [2.75, 3.05) is 26.3 Å². The molecule has 1 unspecified atom stereocenters. The fourth-order valence-corrected chi connectivity index (χ4v) is 4.01. The first kappa shape index (κ1) is 17.0. The maximum atomic E-state index is 12.8. The van der Waals surface area contributed by atoms with Crippen LogP contribution in [0, 0.1) is 6.92 Å². The van der Waals surface area contributed by atoms with Crippen LogP contribution in [0.3, 0.4) is 0 Å². The van der Waals surface area contributed by atoms with Crippen molar-refractivity contribution >= 4 is 17.8 Å². The van der Waals surface area contributed by atoms with Crippen molar-refractivity contribution < 1.29 is 19.1 Å². The number of benzene rings is 1. The highest BCUT2D eigenvalue weighted by Gasteiger charge is 2.55. The largest absolute Gasteiger partial charge is 0.378 e. The number of rotatable bonds is 2. The maximum absolute atomic E-state index is 12.8. The molecule has 1 N–H and O–H groups in total. The van der Waals surface area contributed by atoms with E-state index in [9.17, 15) is 14.4 Å². The number of urea groups is 1. The van der Waals surface area contributed by atoms with Gasteiger partial charge in [-0.25, -0.2) is 4.79 Å². The van der Waals surface area contributed by atoms with Crippen molar-refractivity contribution in [3.05, 3.63) is 35.4 Å². The summed E-state index contributed by atoms with van der Waals surface area (Å²) < 4.78 is 5.33. The highest BCUT2D eigenvalue weighted by molar-refractivity contribution is 6.07. The Balaban J connectivity index is 1.40. The molecule has 4 rings (SSSR count). The van der Waals surface area contributed by atoms with Crippen molar-refractivity contribution in [3.8, 4) is 0 Å². The summed E-state index contributed by atoms with van der Waals surface area (Å²) in [7, 11) is 0. The third kappa shape index (κ3) is 2.76. The van der Waals surface area contributed by atoms with Crippen LogP contribution in [0.15, 0.2) is 24.3 Å². The Morgan fingerprint density at radius 1 is 1.19 bits per heavy atom. The average molecular weight is 357 g/mol. The van der Waals surface area contributed by atoms with E-state index >= 15 is 0 Å². The summed E-state index contributed by atoms with van der Waals surface area (Å²) in [4.78, 5) is 40.9. The monoisotopic (exact) mass is 357 g/mol. The molecule has 26 heavy (non-hydrogen) atoms. The Hall–Kier alpha value is -2.41. The van der Waals surface area contributed by atoms with Gasteiger partial charge in [-0.3, -0.25) is 14.5 Å². The first-order valence-electron chi connectivity index (χ1n) is 9.10. The Labute approximate surface area is 152 Å². The summed E-state index contributed by atoms with van der Waals surface area (Å²) in [5.74, 6) is -0.176.